The summed E-state index contributed by atoms with van der Waals surface area (Å²) in [5.41, 5.74) is 0. The molecule has 1 aliphatic rings. The molecule has 0 bridgehead atoms. The monoisotopic (exact) mass is 309 g/mol. The molecule has 0 saturated heterocycles. The molecular weight excluding hydrogens is 282 g/mol. The topological polar surface area (TPSA) is 30.5 Å². The Hall–Kier alpha value is -0.870. The van der Waals surface area contributed by atoms with Crippen molar-refractivity contribution in [1.29, 1.82) is 0 Å². The SMILES string of the molecule is CC(C)CCCNCCSc1ccc2c(c1)OCCCO2. The fourth-order valence-electron chi connectivity index (χ4n) is 2.23. The molecule has 2 rings (SSSR count). The summed E-state index contributed by atoms with van der Waals surface area (Å²) in [7, 11) is 0. The minimum atomic E-state index is 0.749. The third kappa shape index (κ3) is 6.18. The first-order valence-corrected chi connectivity index (χ1v) is 8.97. The molecular formula is C17H27NO2S. The van der Waals surface area contributed by atoms with E-state index in [9.17, 15) is 0 Å². The van der Waals surface area contributed by atoms with Gasteiger partial charge >= 0.3 is 0 Å². The van der Waals surface area contributed by atoms with Gasteiger partial charge in [0.2, 0.25) is 0 Å². The molecule has 21 heavy (non-hydrogen) atoms. The molecule has 0 saturated carbocycles. The van der Waals surface area contributed by atoms with E-state index in [0.717, 1.165) is 55.9 Å². The predicted molar refractivity (Wildman–Crippen MR) is 89.7 cm³/mol. The summed E-state index contributed by atoms with van der Waals surface area (Å²) in [5, 5.41) is 3.51. The van der Waals surface area contributed by atoms with E-state index in [1.807, 2.05) is 17.8 Å². The van der Waals surface area contributed by atoms with Gasteiger partial charge in [0.05, 0.1) is 13.2 Å². The summed E-state index contributed by atoms with van der Waals surface area (Å²) < 4.78 is 11.4. The van der Waals surface area contributed by atoms with Gasteiger partial charge in [-0.1, -0.05) is 13.8 Å². The van der Waals surface area contributed by atoms with Crippen LogP contribution in [0.25, 0.3) is 0 Å². The third-order valence-electron chi connectivity index (χ3n) is 3.40. The zero-order valence-corrected chi connectivity index (χ0v) is 14.0. The van der Waals surface area contributed by atoms with E-state index in [0.29, 0.717) is 0 Å². The van der Waals surface area contributed by atoms with Crippen LogP contribution in [0.2, 0.25) is 0 Å². The van der Waals surface area contributed by atoms with Crippen molar-refractivity contribution in [3.05, 3.63) is 18.2 Å². The number of hydrogen-bond donors (Lipinski definition) is 1. The smallest absolute Gasteiger partial charge is 0.162 e. The molecule has 0 amide bonds. The van der Waals surface area contributed by atoms with E-state index >= 15 is 0 Å². The van der Waals surface area contributed by atoms with E-state index in [2.05, 4.69) is 31.3 Å². The normalized spacial score (nSPS) is 14.2. The van der Waals surface area contributed by atoms with Crippen LogP contribution in [0.5, 0.6) is 11.5 Å². The number of nitrogens with one attached hydrogen (secondary N) is 1. The van der Waals surface area contributed by atoms with Crippen molar-refractivity contribution in [3.8, 4) is 11.5 Å². The number of benzene rings is 1. The first-order valence-electron chi connectivity index (χ1n) is 7.99. The molecule has 0 spiro atoms. The summed E-state index contributed by atoms with van der Waals surface area (Å²) in [6.07, 6.45) is 3.53. The van der Waals surface area contributed by atoms with Crippen molar-refractivity contribution in [2.75, 3.05) is 32.1 Å². The Labute approximate surface area is 132 Å². The highest BCUT2D eigenvalue weighted by Gasteiger charge is 2.10. The van der Waals surface area contributed by atoms with E-state index in [-0.39, 0.29) is 0 Å². The van der Waals surface area contributed by atoms with Crippen LogP contribution in [-0.2, 0) is 0 Å². The molecule has 0 atom stereocenters. The highest BCUT2D eigenvalue weighted by atomic mass is 32.2. The molecule has 0 aromatic heterocycles. The lowest BCUT2D eigenvalue weighted by molar-refractivity contribution is 0.297. The third-order valence-corrected chi connectivity index (χ3v) is 4.40. The van der Waals surface area contributed by atoms with Gasteiger partial charge in [0.25, 0.3) is 0 Å². The molecule has 0 fully saturated rings. The number of fused-ring (bicyclic) bond motifs is 1. The summed E-state index contributed by atoms with van der Waals surface area (Å²) >= 11 is 1.87. The summed E-state index contributed by atoms with van der Waals surface area (Å²) in [6.45, 7) is 8.23. The average molecular weight is 309 g/mol. The molecule has 3 nitrogen and oxygen atoms in total. The molecule has 1 N–H and O–H groups in total. The second-order valence-electron chi connectivity index (χ2n) is 5.79. The van der Waals surface area contributed by atoms with Crippen LogP contribution in [0.1, 0.15) is 33.1 Å². The van der Waals surface area contributed by atoms with Crippen LogP contribution in [-0.4, -0.2) is 32.1 Å². The van der Waals surface area contributed by atoms with Crippen molar-refractivity contribution in [3.63, 3.8) is 0 Å². The number of hydrogen-bond acceptors (Lipinski definition) is 4. The van der Waals surface area contributed by atoms with Crippen molar-refractivity contribution >= 4 is 11.8 Å². The van der Waals surface area contributed by atoms with Gasteiger partial charge in [-0.15, -0.1) is 11.8 Å². The molecule has 4 heteroatoms. The van der Waals surface area contributed by atoms with Crippen molar-refractivity contribution < 1.29 is 9.47 Å². The van der Waals surface area contributed by atoms with Gasteiger partial charge in [-0.25, -0.2) is 0 Å². The minimum absolute atomic E-state index is 0.749. The van der Waals surface area contributed by atoms with Gasteiger partial charge < -0.3 is 14.8 Å². The zero-order chi connectivity index (χ0) is 14.9. The zero-order valence-electron chi connectivity index (χ0n) is 13.2. The molecule has 118 valence electrons. The van der Waals surface area contributed by atoms with Gasteiger partial charge in [-0.3, -0.25) is 0 Å². The van der Waals surface area contributed by atoms with E-state index in [1.165, 1.54) is 17.7 Å². The van der Waals surface area contributed by atoms with Crippen LogP contribution in [0, 0.1) is 5.92 Å². The molecule has 0 unspecified atom stereocenters. The lowest BCUT2D eigenvalue weighted by Gasteiger charge is -2.09. The van der Waals surface area contributed by atoms with Gasteiger partial charge in [0, 0.05) is 23.6 Å². The number of rotatable bonds is 8. The van der Waals surface area contributed by atoms with Crippen molar-refractivity contribution in [2.24, 2.45) is 5.92 Å². The lowest BCUT2D eigenvalue weighted by atomic mass is 10.1. The Morgan fingerprint density at radius 2 is 1.95 bits per heavy atom. The van der Waals surface area contributed by atoms with Crippen LogP contribution in [0.15, 0.2) is 23.1 Å². The van der Waals surface area contributed by atoms with E-state index in [1.54, 1.807) is 0 Å². The Bertz CT molecular complexity index is 423. The van der Waals surface area contributed by atoms with Crippen LogP contribution < -0.4 is 14.8 Å². The maximum Gasteiger partial charge on any atom is 0.162 e. The van der Waals surface area contributed by atoms with Crippen LogP contribution >= 0.6 is 11.8 Å². The molecule has 0 aliphatic carbocycles. The summed E-state index contributed by atoms with van der Waals surface area (Å²) in [5.74, 6) is 3.66. The van der Waals surface area contributed by atoms with Crippen LogP contribution in [0.3, 0.4) is 0 Å². The largest absolute Gasteiger partial charge is 0.490 e. The van der Waals surface area contributed by atoms with E-state index < -0.39 is 0 Å². The van der Waals surface area contributed by atoms with Gasteiger partial charge in [0.15, 0.2) is 11.5 Å². The van der Waals surface area contributed by atoms with Gasteiger partial charge in [0.1, 0.15) is 0 Å². The fourth-order valence-corrected chi connectivity index (χ4v) is 3.07. The maximum atomic E-state index is 5.72. The van der Waals surface area contributed by atoms with Crippen molar-refractivity contribution in [2.45, 2.75) is 38.0 Å². The van der Waals surface area contributed by atoms with Gasteiger partial charge in [-0.2, -0.15) is 0 Å². The Kier molecular flexibility index (Phi) is 7.24. The second-order valence-corrected chi connectivity index (χ2v) is 6.96. The molecule has 1 heterocycles. The highest BCUT2D eigenvalue weighted by molar-refractivity contribution is 7.99. The molecule has 1 aromatic carbocycles. The highest BCUT2D eigenvalue weighted by Crippen LogP contribution is 2.33. The van der Waals surface area contributed by atoms with Crippen LogP contribution in [0.4, 0.5) is 0 Å². The quantitative estimate of drug-likeness (QED) is 0.581. The molecule has 1 aliphatic heterocycles. The summed E-state index contributed by atoms with van der Waals surface area (Å²) in [6, 6.07) is 6.25. The Morgan fingerprint density at radius 1 is 1.14 bits per heavy atom. The predicted octanol–water partition coefficient (Wildman–Crippen LogP) is 3.97. The van der Waals surface area contributed by atoms with E-state index in [4.69, 9.17) is 9.47 Å². The minimum Gasteiger partial charge on any atom is -0.490 e. The first kappa shape index (κ1) is 16.5. The Balaban J connectivity index is 1.66. The van der Waals surface area contributed by atoms with Gasteiger partial charge in [-0.05, 0) is 43.5 Å². The van der Waals surface area contributed by atoms with Crippen molar-refractivity contribution in [1.82, 2.24) is 5.32 Å². The number of ether oxygens (including phenoxy) is 2. The lowest BCUT2D eigenvalue weighted by Crippen LogP contribution is -2.18. The molecule has 0 radical (unpaired) electrons. The molecule has 1 aromatic rings. The standard InChI is InChI=1S/C17H27NO2S/c1-14(2)5-3-8-18-9-12-21-15-6-7-16-17(13-15)20-11-4-10-19-16/h6-7,13-14,18H,3-5,8-12H2,1-2H3. The first-order chi connectivity index (χ1) is 10.3. The Morgan fingerprint density at radius 3 is 2.76 bits per heavy atom. The summed E-state index contributed by atoms with van der Waals surface area (Å²) in [4.78, 5) is 1.25. The average Bonchev–Trinajstić information content (AvgIpc) is 2.70. The second kappa shape index (κ2) is 9.21. The fraction of sp³-hybridized carbons (Fsp3) is 0.647. The number of thioether (sulfide) groups is 1. The maximum absolute atomic E-state index is 5.72.